The summed E-state index contributed by atoms with van der Waals surface area (Å²) in [6, 6.07) is 5.65. The first kappa shape index (κ1) is 23.6. The number of carbonyl (C=O) groups is 2. The fourth-order valence-corrected chi connectivity index (χ4v) is 5.45. The number of hydrogen-bond acceptors (Lipinski definition) is 8. The summed E-state index contributed by atoms with van der Waals surface area (Å²) in [5.41, 5.74) is 3.57. The van der Waals surface area contributed by atoms with E-state index in [-0.39, 0.29) is 17.0 Å². The molecular weight excluding hydrogens is 514 g/mol. The van der Waals surface area contributed by atoms with E-state index in [2.05, 4.69) is 25.4 Å². The topological polar surface area (TPSA) is 115 Å². The van der Waals surface area contributed by atoms with Crippen molar-refractivity contribution >= 4 is 39.9 Å². The number of ether oxygens (including phenoxy) is 1. The third kappa shape index (κ3) is 4.56. The molecule has 12 heteroatoms. The Morgan fingerprint density at radius 3 is 2.76 bits per heavy atom. The van der Waals surface area contributed by atoms with E-state index in [0.29, 0.717) is 52.4 Å². The third-order valence-electron chi connectivity index (χ3n) is 6.34. The van der Waals surface area contributed by atoms with Gasteiger partial charge in [0.2, 0.25) is 0 Å². The number of nitrogens with zero attached hydrogens (tertiary/aromatic N) is 6. The lowest BCUT2D eigenvalue weighted by molar-refractivity contribution is 0.0743. The Balaban J connectivity index is 1.19. The van der Waals surface area contributed by atoms with Crippen LogP contribution in [0.5, 0.6) is 5.75 Å². The molecule has 188 valence electrons. The maximum absolute atomic E-state index is 13.3. The Hall–Kier alpha value is -3.83. The van der Waals surface area contributed by atoms with Crippen LogP contribution in [0.2, 0.25) is 5.15 Å². The number of fused-ring (bicyclic) bond motifs is 1. The predicted octanol–water partition coefficient (Wildman–Crippen LogP) is 4.51. The molecule has 0 saturated heterocycles. The Labute approximate surface area is 221 Å². The van der Waals surface area contributed by atoms with Gasteiger partial charge in [-0.1, -0.05) is 22.9 Å². The smallest absolute Gasteiger partial charge is 0.275 e. The predicted molar refractivity (Wildman–Crippen MR) is 138 cm³/mol. The number of halogens is 1. The molecule has 1 saturated carbocycles. The van der Waals surface area contributed by atoms with Crippen molar-refractivity contribution in [2.24, 2.45) is 0 Å². The quantitative estimate of drug-likeness (QED) is 0.361. The first-order chi connectivity index (χ1) is 17.9. The molecule has 0 bridgehead atoms. The van der Waals surface area contributed by atoms with Gasteiger partial charge in [0.25, 0.3) is 11.8 Å². The Kier molecular flexibility index (Phi) is 5.88. The lowest BCUT2D eigenvalue weighted by Gasteiger charge is -2.14. The van der Waals surface area contributed by atoms with E-state index in [4.69, 9.17) is 16.3 Å². The van der Waals surface area contributed by atoms with Gasteiger partial charge in [-0.25, -0.2) is 9.97 Å². The van der Waals surface area contributed by atoms with Crippen molar-refractivity contribution in [2.45, 2.75) is 38.9 Å². The van der Waals surface area contributed by atoms with Crippen LogP contribution in [0.25, 0.3) is 11.1 Å². The van der Waals surface area contributed by atoms with E-state index in [1.807, 2.05) is 17.8 Å². The molecule has 1 aliphatic carbocycles. The van der Waals surface area contributed by atoms with Crippen LogP contribution in [-0.4, -0.2) is 48.6 Å². The molecule has 0 unspecified atom stereocenters. The number of nitrogens with one attached hydrogen (secondary N) is 1. The summed E-state index contributed by atoms with van der Waals surface area (Å²) < 4.78 is 7.31. The van der Waals surface area contributed by atoms with E-state index in [0.717, 1.165) is 29.1 Å². The molecule has 0 atom stereocenters. The molecule has 10 nitrogen and oxygen atoms in total. The lowest BCUT2D eigenvalue weighted by Crippen LogP contribution is -2.26. The Morgan fingerprint density at radius 1 is 1.16 bits per heavy atom. The highest BCUT2D eigenvalue weighted by atomic mass is 35.5. The van der Waals surface area contributed by atoms with Gasteiger partial charge in [-0.05, 0) is 38.0 Å². The van der Waals surface area contributed by atoms with Crippen molar-refractivity contribution in [3.8, 4) is 16.9 Å². The maximum Gasteiger partial charge on any atom is 0.275 e. The summed E-state index contributed by atoms with van der Waals surface area (Å²) in [6.45, 7) is 2.65. The zero-order valence-corrected chi connectivity index (χ0v) is 21.6. The standard InChI is InChI=1S/C25H22ClN7O3S/c1-13-7-15(16-8-22(26)28-10-20(16)36-2)17(9-27-13)23(34)30-25-29-19-11-32(12-21(19)37-25)24(35)18-5-6-33(31-18)14-3-4-14/h5-10,14H,3-4,11-12H2,1-2H3,(H,29,30,34). The van der Waals surface area contributed by atoms with Gasteiger partial charge in [0.05, 0.1) is 48.6 Å². The number of pyridine rings is 2. The highest BCUT2D eigenvalue weighted by molar-refractivity contribution is 7.16. The average molecular weight is 536 g/mol. The van der Waals surface area contributed by atoms with Crippen LogP contribution in [0.3, 0.4) is 0 Å². The van der Waals surface area contributed by atoms with E-state index in [9.17, 15) is 9.59 Å². The summed E-state index contributed by atoms with van der Waals surface area (Å²) in [7, 11) is 1.53. The lowest BCUT2D eigenvalue weighted by atomic mass is 10.0. The van der Waals surface area contributed by atoms with Crippen molar-refractivity contribution in [1.82, 2.24) is 29.6 Å². The largest absolute Gasteiger partial charge is 0.494 e. The summed E-state index contributed by atoms with van der Waals surface area (Å²) in [5, 5.41) is 8.07. The first-order valence-electron chi connectivity index (χ1n) is 11.7. The maximum atomic E-state index is 13.3. The molecule has 0 spiro atoms. The van der Waals surface area contributed by atoms with Gasteiger partial charge in [0, 0.05) is 29.2 Å². The highest BCUT2D eigenvalue weighted by Crippen LogP contribution is 2.36. The van der Waals surface area contributed by atoms with Gasteiger partial charge in [-0.15, -0.1) is 0 Å². The number of amides is 2. The van der Waals surface area contributed by atoms with Gasteiger partial charge >= 0.3 is 0 Å². The van der Waals surface area contributed by atoms with Crippen LogP contribution in [0, 0.1) is 6.92 Å². The van der Waals surface area contributed by atoms with Crippen LogP contribution in [0.1, 0.15) is 56.0 Å². The van der Waals surface area contributed by atoms with Crippen molar-refractivity contribution in [3.05, 3.63) is 69.5 Å². The van der Waals surface area contributed by atoms with Gasteiger partial charge in [0.1, 0.15) is 16.6 Å². The van der Waals surface area contributed by atoms with Gasteiger partial charge in [0.15, 0.2) is 5.13 Å². The molecule has 4 aromatic heterocycles. The number of aryl methyl sites for hydroxylation is 1. The normalized spacial score (nSPS) is 14.5. The second-order valence-corrected chi connectivity index (χ2v) is 10.5. The number of hydrogen-bond donors (Lipinski definition) is 1. The van der Waals surface area contributed by atoms with Crippen molar-refractivity contribution in [1.29, 1.82) is 0 Å². The minimum atomic E-state index is -0.358. The summed E-state index contributed by atoms with van der Waals surface area (Å²) in [6.07, 6.45) is 7.13. The van der Waals surface area contributed by atoms with Crippen molar-refractivity contribution < 1.29 is 14.3 Å². The van der Waals surface area contributed by atoms with Crippen LogP contribution in [0.4, 0.5) is 5.13 Å². The molecule has 1 fully saturated rings. The van der Waals surface area contributed by atoms with Gasteiger partial charge in [-0.3, -0.25) is 24.6 Å². The van der Waals surface area contributed by atoms with E-state index >= 15 is 0 Å². The average Bonchev–Trinajstić information content (AvgIpc) is 3.29. The highest BCUT2D eigenvalue weighted by Gasteiger charge is 2.31. The minimum Gasteiger partial charge on any atom is -0.494 e. The number of anilines is 1. The second-order valence-electron chi connectivity index (χ2n) is 8.99. The van der Waals surface area contributed by atoms with E-state index < -0.39 is 0 Å². The summed E-state index contributed by atoms with van der Waals surface area (Å²) in [5.74, 6) is 0.0166. The van der Waals surface area contributed by atoms with E-state index in [1.54, 1.807) is 23.1 Å². The minimum absolute atomic E-state index is 0.115. The van der Waals surface area contributed by atoms with Crippen LogP contribution in [-0.2, 0) is 13.1 Å². The fourth-order valence-electron chi connectivity index (χ4n) is 4.31. The van der Waals surface area contributed by atoms with Crippen LogP contribution < -0.4 is 10.1 Å². The number of methoxy groups -OCH3 is 1. The third-order valence-corrected chi connectivity index (χ3v) is 7.54. The molecule has 1 N–H and O–H groups in total. The molecular formula is C25H22ClN7O3S. The first-order valence-corrected chi connectivity index (χ1v) is 12.9. The summed E-state index contributed by atoms with van der Waals surface area (Å²) in [4.78, 5) is 41.8. The van der Waals surface area contributed by atoms with Crippen LogP contribution >= 0.6 is 22.9 Å². The van der Waals surface area contributed by atoms with Gasteiger partial charge in [-0.2, -0.15) is 5.10 Å². The number of aromatic nitrogens is 5. The zero-order valence-electron chi connectivity index (χ0n) is 20.1. The molecule has 1 aliphatic heterocycles. The number of carbonyl (C=O) groups excluding carboxylic acids is 2. The van der Waals surface area contributed by atoms with Gasteiger partial charge < -0.3 is 9.64 Å². The molecule has 4 aromatic rings. The molecule has 0 radical (unpaired) electrons. The second kappa shape index (κ2) is 9.24. The molecule has 5 heterocycles. The number of thiazole rings is 1. The Bertz CT molecular complexity index is 1520. The SMILES string of the molecule is COc1cnc(Cl)cc1-c1cc(C)ncc1C(=O)Nc1nc2c(s1)CN(C(=O)c1ccn(C3CC3)n1)C2. The molecule has 37 heavy (non-hydrogen) atoms. The molecule has 2 aliphatic rings. The monoisotopic (exact) mass is 535 g/mol. The zero-order chi connectivity index (χ0) is 25.7. The fraction of sp³-hybridized carbons (Fsp3) is 0.280. The molecule has 0 aromatic carbocycles. The van der Waals surface area contributed by atoms with Crippen LogP contribution in [0.15, 0.2) is 36.8 Å². The summed E-state index contributed by atoms with van der Waals surface area (Å²) >= 11 is 7.49. The molecule has 2 amide bonds. The molecule has 6 rings (SSSR count). The van der Waals surface area contributed by atoms with Crippen molar-refractivity contribution in [3.63, 3.8) is 0 Å². The van der Waals surface area contributed by atoms with Crippen molar-refractivity contribution in [2.75, 3.05) is 12.4 Å². The number of rotatable bonds is 6. The van der Waals surface area contributed by atoms with E-state index in [1.165, 1.54) is 30.8 Å². The Morgan fingerprint density at radius 2 is 2.00 bits per heavy atom.